The number of carbonyl (C=O) groups excluding carboxylic acids is 1. The second kappa shape index (κ2) is 8.62. The Morgan fingerprint density at radius 3 is 2.79 bits per heavy atom. The number of hydrogen-bond donors (Lipinski definition) is 1. The van der Waals surface area contributed by atoms with Crippen molar-refractivity contribution in [3.63, 3.8) is 0 Å². The molecule has 1 aliphatic rings. The highest BCUT2D eigenvalue weighted by molar-refractivity contribution is 5.94. The van der Waals surface area contributed by atoms with Crippen molar-refractivity contribution >= 4 is 11.7 Å². The summed E-state index contributed by atoms with van der Waals surface area (Å²) in [6, 6.07) is 11.4. The number of amides is 1. The van der Waals surface area contributed by atoms with E-state index < -0.39 is 11.8 Å². The van der Waals surface area contributed by atoms with Crippen molar-refractivity contribution in [2.45, 2.75) is 52.1 Å². The molecule has 176 valence electrons. The average Bonchev–Trinajstić information content (AvgIpc) is 3.43. The topological polar surface area (TPSA) is 77.1 Å². The minimum Gasteiger partial charge on any atom is -0.347 e. The van der Waals surface area contributed by atoms with Gasteiger partial charge in [-0.25, -0.2) is 18.7 Å². The summed E-state index contributed by atoms with van der Waals surface area (Å²) in [5, 5.41) is 7.58. The first-order chi connectivity index (χ1) is 16.3. The normalized spacial score (nSPS) is 15.9. The quantitative estimate of drug-likeness (QED) is 0.462. The number of aryl methyl sites for hydroxylation is 2. The van der Waals surface area contributed by atoms with Crippen LogP contribution in [0.15, 0.2) is 48.8 Å². The number of aromatic nitrogens is 5. The summed E-state index contributed by atoms with van der Waals surface area (Å²) in [7, 11) is 0. The van der Waals surface area contributed by atoms with E-state index in [4.69, 9.17) is 0 Å². The molecule has 9 heteroatoms. The minimum atomic E-state index is -2.68. The summed E-state index contributed by atoms with van der Waals surface area (Å²) in [6.07, 6.45) is 4.83. The summed E-state index contributed by atoms with van der Waals surface area (Å²) in [6.45, 7) is 3.82. The SMILES string of the molecule is CCc1nc2ncccn2c1C(=O)NCc1ccc(-c2cc3n(n2)CCC(C(C)(F)F)C3)cc1. The van der Waals surface area contributed by atoms with E-state index in [-0.39, 0.29) is 5.91 Å². The monoisotopic (exact) mass is 464 g/mol. The van der Waals surface area contributed by atoms with E-state index in [1.54, 1.807) is 22.9 Å². The van der Waals surface area contributed by atoms with Crippen LogP contribution in [0.25, 0.3) is 17.0 Å². The van der Waals surface area contributed by atoms with Crippen LogP contribution in [0.2, 0.25) is 0 Å². The molecule has 1 amide bonds. The van der Waals surface area contributed by atoms with Gasteiger partial charge < -0.3 is 5.32 Å². The molecule has 0 saturated heterocycles. The van der Waals surface area contributed by atoms with Crippen molar-refractivity contribution in [2.24, 2.45) is 5.92 Å². The third-order valence-electron chi connectivity index (χ3n) is 6.45. The highest BCUT2D eigenvalue weighted by Gasteiger charge is 2.37. The van der Waals surface area contributed by atoms with Crippen molar-refractivity contribution < 1.29 is 13.6 Å². The van der Waals surface area contributed by atoms with Gasteiger partial charge in [-0.3, -0.25) is 13.9 Å². The molecule has 4 aromatic rings. The summed E-state index contributed by atoms with van der Waals surface area (Å²) in [4.78, 5) is 21.6. The van der Waals surface area contributed by atoms with Crippen LogP contribution >= 0.6 is 0 Å². The molecule has 1 N–H and O–H groups in total. The standard InChI is InChI=1S/C25H26F2N6O/c1-3-20-22(32-11-4-10-28-24(32)30-20)23(34)29-15-16-5-7-17(8-6-16)21-14-19-13-18(25(2,26)27)9-12-33(19)31-21/h4-8,10-11,14,18H,3,9,12-13,15H2,1-2H3,(H,29,34). The molecule has 1 aromatic carbocycles. The molecule has 3 aromatic heterocycles. The van der Waals surface area contributed by atoms with Crippen molar-refractivity contribution in [1.82, 2.24) is 29.5 Å². The lowest BCUT2D eigenvalue weighted by molar-refractivity contribution is -0.0490. The van der Waals surface area contributed by atoms with E-state index in [1.807, 2.05) is 41.9 Å². The lowest BCUT2D eigenvalue weighted by Gasteiger charge is -2.27. The molecule has 0 spiro atoms. The molecule has 1 aliphatic heterocycles. The Hall–Kier alpha value is -3.62. The maximum atomic E-state index is 13.7. The number of alkyl halides is 2. The highest BCUT2D eigenvalue weighted by atomic mass is 19.3. The summed E-state index contributed by atoms with van der Waals surface area (Å²) in [5.74, 6) is -3.03. The third kappa shape index (κ3) is 4.18. The number of benzene rings is 1. The minimum absolute atomic E-state index is 0.203. The van der Waals surface area contributed by atoms with Crippen LogP contribution in [0.5, 0.6) is 0 Å². The summed E-state index contributed by atoms with van der Waals surface area (Å²) in [5.41, 5.74) is 4.68. The number of fused-ring (bicyclic) bond motifs is 2. The smallest absolute Gasteiger partial charge is 0.270 e. The number of nitrogens with zero attached hydrogens (tertiary/aromatic N) is 5. The molecular formula is C25H26F2N6O. The van der Waals surface area contributed by atoms with Gasteiger partial charge >= 0.3 is 0 Å². The van der Waals surface area contributed by atoms with Gasteiger partial charge in [0.1, 0.15) is 5.69 Å². The first-order valence-corrected chi connectivity index (χ1v) is 11.5. The molecule has 34 heavy (non-hydrogen) atoms. The van der Waals surface area contributed by atoms with Gasteiger partial charge in [0.25, 0.3) is 5.91 Å². The number of halogens is 2. The van der Waals surface area contributed by atoms with Crippen molar-refractivity contribution in [3.05, 3.63) is 71.4 Å². The Morgan fingerprint density at radius 2 is 2.06 bits per heavy atom. The van der Waals surface area contributed by atoms with Crippen LogP contribution in [0, 0.1) is 5.92 Å². The van der Waals surface area contributed by atoms with Gasteiger partial charge in [-0.2, -0.15) is 5.10 Å². The Bertz CT molecular complexity index is 1340. The summed E-state index contributed by atoms with van der Waals surface area (Å²) >= 11 is 0. The Balaban J connectivity index is 1.27. The van der Waals surface area contributed by atoms with Gasteiger partial charge in [0, 0.05) is 42.7 Å². The fourth-order valence-electron chi connectivity index (χ4n) is 4.50. The lowest BCUT2D eigenvalue weighted by atomic mass is 9.91. The van der Waals surface area contributed by atoms with E-state index in [0.717, 1.165) is 29.4 Å². The zero-order valence-corrected chi connectivity index (χ0v) is 19.1. The second-order valence-electron chi connectivity index (χ2n) is 8.82. The Labute approximate surface area is 195 Å². The fraction of sp³-hybridized carbons (Fsp3) is 0.360. The van der Waals surface area contributed by atoms with Gasteiger partial charge in [-0.05, 0) is 43.9 Å². The molecule has 1 unspecified atom stereocenters. The van der Waals surface area contributed by atoms with Crippen LogP contribution in [-0.2, 0) is 25.9 Å². The molecule has 4 heterocycles. The van der Waals surface area contributed by atoms with Gasteiger partial charge in [-0.15, -0.1) is 0 Å². The van der Waals surface area contributed by atoms with Crippen molar-refractivity contribution in [1.29, 1.82) is 0 Å². The molecule has 0 aliphatic carbocycles. The predicted octanol–water partition coefficient (Wildman–Crippen LogP) is 4.30. The van der Waals surface area contributed by atoms with Gasteiger partial charge in [0.15, 0.2) is 0 Å². The Morgan fingerprint density at radius 1 is 1.26 bits per heavy atom. The first kappa shape index (κ1) is 22.2. The number of rotatable bonds is 6. The van der Waals surface area contributed by atoms with Crippen LogP contribution in [0.3, 0.4) is 0 Å². The molecule has 0 saturated carbocycles. The van der Waals surface area contributed by atoms with E-state index in [2.05, 4.69) is 20.4 Å². The van der Waals surface area contributed by atoms with Crippen LogP contribution in [-0.4, -0.2) is 36.0 Å². The van der Waals surface area contributed by atoms with E-state index in [9.17, 15) is 13.6 Å². The number of carbonyl (C=O) groups is 1. The number of hydrogen-bond acceptors (Lipinski definition) is 4. The fourth-order valence-corrected chi connectivity index (χ4v) is 4.50. The second-order valence-corrected chi connectivity index (χ2v) is 8.82. The third-order valence-corrected chi connectivity index (χ3v) is 6.45. The molecule has 7 nitrogen and oxygen atoms in total. The van der Waals surface area contributed by atoms with Crippen LogP contribution < -0.4 is 5.32 Å². The zero-order chi connectivity index (χ0) is 23.9. The maximum absolute atomic E-state index is 13.7. The van der Waals surface area contributed by atoms with E-state index in [0.29, 0.717) is 49.5 Å². The Kier molecular flexibility index (Phi) is 5.63. The summed E-state index contributed by atoms with van der Waals surface area (Å²) < 4.78 is 31.0. The van der Waals surface area contributed by atoms with E-state index >= 15 is 0 Å². The average molecular weight is 465 g/mol. The molecule has 1 atom stereocenters. The molecule has 5 rings (SSSR count). The van der Waals surface area contributed by atoms with Crippen molar-refractivity contribution in [2.75, 3.05) is 0 Å². The molecule has 0 radical (unpaired) electrons. The first-order valence-electron chi connectivity index (χ1n) is 11.5. The zero-order valence-electron chi connectivity index (χ0n) is 19.1. The molecular weight excluding hydrogens is 438 g/mol. The molecule has 0 bridgehead atoms. The number of imidazole rings is 1. The van der Waals surface area contributed by atoms with E-state index in [1.165, 1.54) is 0 Å². The maximum Gasteiger partial charge on any atom is 0.270 e. The predicted molar refractivity (Wildman–Crippen MR) is 124 cm³/mol. The lowest BCUT2D eigenvalue weighted by Crippen LogP contribution is -2.32. The van der Waals surface area contributed by atoms with Crippen LogP contribution in [0.4, 0.5) is 8.78 Å². The highest BCUT2D eigenvalue weighted by Crippen LogP contribution is 2.34. The van der Waals surface area contributed by atoms with Crippen LogP contribution in [0.1, 0.15) is 47.7 Å². The largest absolute Gasteiger partial charge is 0.347 e. The van der Waals surface area contributed by atoms with Crippen molar-refractivity contribution in [3.8, 4) is 11.3 Å². The van der Waals surface area contributed by atoms with Gasteiger partial charge in [0.05, 0.1) is 11.4 Å². The van der Waals surface area contributed by atoms with Gasteiger partial charge in [0.2, 0.25) is 11.7 Å². The number of nitrogens with one attached hydrogen (secondary N) is 1. The van der Waals surface area contributed by atoms with Gasteiger partial charge in [-0.1, -0.05) is 31.2 Å². The molecule has 0 fully saturated rings.